The van der Waals surface area contributed by atoms with E-state index < -0.39 is 36.8 Å². The van der Waals surface area contributed by atoms with Crippen LogP contribution in [0.1, 0.15) is 19.3 Å². The summed E-state index contributed by atoms with van der Waals surface area (Å²) in [6.45, 7) is -0.213. The SMILES string of the molecule is FC(F)(F)C(F)(F)C(F)(F)C(F)(F)CCCCOc1ccc(-c2ccc(Br)cc2)cc1. The standard InChI is InChI=1S/C20H16BrF9O/c21-15-7-3-13(4-8-15)14-5-9-16(10-6-14)31-12-2-1-11-17(22,23)18(24,25)19(26,27)20(28,29)30/h3-10H,1-2,11-12H2. The Hall–Kier alpha value is -1.91. The van der Waals surface area contributed by atoms with Crippen LogP contribution in [0.4, 0.5) is 39.5 Å². The minimum atomic E-state index is -6.85. The van der Waals surface area contributed by atoms with E-state index in [-0.39, 0.29) is 13.0 Å². The summed E-state index contributed by atoms with van der Waals surface area (Å²) in [6, 6.07) is 14.1. The maximum absolute atomic E-state index is 13.4. The van der Waals surface area contributed by atoms with Gasteiger partial charge in [0.25, 0.3) is 0 Å². The highest BCUT2D eigenvalue weighted by Crippen LogP contribution is 2.54. The van der Waals surface area contributed by atoms with Crippen molar-refractivity contribution < 1.29 is 44.3 Å². The molecular weight excluding hydrogens is 507 g/mol. The molecule has 0 amide bonds. The average Bonchev–Trinajstić information content (AvgIpc) is 2.67. The Morgan fingerprint density at radius 3 is 1.61 bits per heavy atom. The first-order valence-corrected chi connectivity index (χ1v) is 9.67. The highest BCUT2D eigenvalue weighted by Gasteiger charge is 2.81. The number of hydrogen-bond acceptors (Lipinski definition) is 1. The second-order valence-corrected chi connectivity index (χ2v) is 7.60. The third-order valence-electron chi connectivity index (χ3n) is 4.40. The van der Waals surface area contributed by atoms with Gasteiger partial charge in [-0.2, -0.15) is 39.5 Å². The fourth-order valence-electron chi connectivity index (χ4n) is 2.59. The number of halogens is 10. The molecule has 0 fully saturated rings. The van der Waals surface area contributed by atoms with E-state index in [0.717, 1.165) is 15.6 Å². The molecule has 2 rings (SSSR count). The summed E-state index contributed by atoms with van der Waals surface area (Å²) < 4.78 is 121. The van der Waals surface area contributed by atoms with Crippen molar-refractivity contribution >= 4 is 15.9 Å². The molecule has 2 aromatic rings. The molecule has 0 radical (unpaired) electrons. The number of rotatable bonds is 9. The van der Waals surface area contributed by atoms with Crippen LogP contribution in [0.15, 0.2) is 53.0 Å². The largest absolute Gasteiger partial charge is 0.494 e. The predicted octanol–water partition coefficient (Wildman–Crippen LogP) is 8.13. The molecule has 0 atom stereocenters. The highest BCUT2D eigenvalue weighted by atomic mass is 79.9. The second kappa shape index (κ2) is 9.30. The van der Waals surface area contributed by atoms with Crippen molar-refractivity contribution in [1.29, 1.82) is 0 Å². The molecule has 0 saturated heterocycles. The fourth-order valence-corrected chi connectivity index (χ4v) is 2.85. The van der Waals surface area contributed by atoms with Crippen molar-refractivity contribution in [3.05, 3.63) is 53.0 Å². The predicted molar refractivity (Wildman–Crippen MR) is 99.8 cm³/mol. The Bertz CT molecular complexity index is 846. The molecule has 0 aromatic heterocycles. The van der Waals surface area contributed by atoms with Gasteiger partial charge >= 0.3 is 23.9 Å². The Morgan fingerprint density at radius 1 is 0.645 bits per heavy atom. The zero-order chi connectivity index (χ0) is 23.5. The van der Waals surface area contributed by atoms with Gasteiger partial charge in [0.05, 0.1) is 6.61 Å². The summed E-state index contributed by atoms with van der Waals surface area (Å²) in [6.07, 6.45) is -9.64. The molecular formula is C20H16BrF9O. The van der Waals surface area contributed by atoms with Gasteiger partial charge in [-0.3, -0.25) is 0 Å². The van der Waals surface area contributed by atoms with Crippen molar-refractivity contribution in [2.24, 2.45) is 0 Å². The fraction of sp³-hybridized carbons (Fsp3) is 0.400. The molecule has 172 valence electrons. The normalized spacial score (nSPS) is 13.4. The van der Waals surface area contributed by atoms with Gasteiger partial charge in [0.1, 0.15) is 5.75 Å². The van der Waals surface area contributed by atoms with Crippen LogP contribution in [0.25, 0.3) is 11.1 Å². The molecule has 0 saturated carbocycles. The van der Waals surface area contributed by atoms with E-state index in [0.29, 0.717) is 5.75 Å². The molecule has 0 aliphatic heterocycles. The zero-order valence-electron chi connectivity index (χ0n) is 15.6. The molecule has 0 aliphatic carbocycles. The number of ether oxygens (including phenoxy) is 1. The van der Waals surface area contributed by atoms with Crippen LogP contribution in [0.5, 0.6) is 5.75 Å². The van der Waals surface area contributed by atoms with Crippen molar-refractivity contribution in [2.45, 2.75) is 43.2 Å². The van der Waals surface area contributed by atoms with Crippen LogP contribution in [0, 0.1) is 0 Å². The zero-order valence-corrected chi connectivity index (χ0v) is 17.2. The first-order valence-electron chi connectivity index (χ1n) is 8.88. The first kappa shape index (κ1) is 25.4. The quantitative estimate of drug-likeness (QED) is 0.238. The monoisotopic (exact) mass is 522 g/mol. The number of hydrogen-bond donors (Lipinski definition) is 0. The minimum Gasteiger partial charge on any atom is -0.494 e. The van der Waals surface area contributed by atoms with E-state index in [1.54, 1.807) is 24.3 Å². The lowest BCUT2D eigenvalue weighted by Crippen LogP contribution is -2.60. The number of unbranched alkanes of at least 4 members (excludes halogenated alkanes) is 1. The maximum Gasteiger partial charge on any atom is 0.460 e. The lowest BCUT2D eigenvalue weighted by molar-refractivity contribution is -0.396. The lowest BCUT2D eigenvalue weighted by atomic mass is 9.99. The van der Waals surface area contributed by atoms with Gasteiger partial charge in [-0.05, 0) is 48.2 Å². The van der Waals surface area contributed by atoms with E-state index in [4.69, 9.17) is 4.74 Å². The molecule has 0 N–H and O–H groups in total. The number of alkyl halides is 9. The van der Waals surface area contributed by atoms with E-state index in [1.807, 2.05) is 24.3 Å². The van der Waals surface area contributed by atoms with Gasteiger partial charge in [0.2, 0.25) is 0 Å². The smallest absolute Gasteiger partial charge is 0.460 e. The molecule has 0 spiro atoms. The lowest BCUT2D eigenvalue weighted by Gasteiger charge is -2.33. The molecule has 0 aliphatic rings. The maximum atomic E-state index is 13.4. The Labute approximate surface area is 180 Å². The summed E-state index contributed by atoms with van der Waals surface area (Å²) in [5.74, 6) is -18.6. The Balaban J connectivity index is 1.85. The summed E-state index contributed by atoms with van der Waals surface area (Å²) in [5.41, 5.74) is 1.79. The van der Waals surface area contributed by atoms with Gasteiger partial charge in [0, 0.05) is 10.9 Å². The molecule has 1 nitrogen and oxygen atoms in total. The van der Waals surface area contributed by atoms with Crippen LogP contribution in [0.3, 0.4) is 0 Å². The van der Waals surface area contributed by atoms with Gasteiger partial charge in [-0.1, -0.05) is 40.2 Å². The third kappa shape index (κ3) is 5.67. The molecule has 2 aromatic carbocycles. The van der Waals surface area contributed by atoms with E-state index in [2.05, 4.69) is 15.9 Å². The van der Waals surface area contributed by atoms with Crippen molar-refractivity contribution in [1.82, 2.24) is 0 Å². The van der Waals surface area contributed by atoms with Crippen molar-refractivity contribution in [3.63, 3.8) is 0 Å². The molecule has 0 heterocycles. The van der Waals surface area contributed by atoms with Crippen LogP contribution >= 0.6 is 15.9 Å². The van der Waals surface area contributed by atoms with Crippen molar-refractivity contribution in [3.8, 4) is 16.9 Å². The van der Waals surface area contributed by atoms with Crippen LogP contribution in [-0.4, -0.2) is 30.6 Å². The van der Waals surface area contributed by atoms with E-state index >= 15 is 0 Å². The topological polar surface area (TPSA) is 9.23 Å². The Kier molecular flexibility index (Phi) is 7.60. The summed E-state index contributed by atoms with van der Waals surface area (Å²) >= 11 is 3.32. The summed E-state index contributed by atoms with van der Waals surface area (Å²) in [5, 5.41) is 0. The third-order valence-corrected chi connectivity index (χ3v) is 4.92. The minimum absolute atomic E-state index is 0.213. The van der Waals surface area contributed by atoms with E-state index in [1.165, 1.54) is 0 Å². The molecule has 0 bridgehead atoms. The average molecular weight is 523 g/mol. The van der Waals surface area contributed by atoms with Crippen LogP contribution < -0.4 is 4.74 Å². The van der Waals surface area contributed by atoms with Crippen LogP contribution in [0.2, 0.25) is 0 Å². The number of benzene rings is 2. The summed E-state index contributed by atoms with van der Waals surface area (Å²) in [4.78, 5) is 0. The van der Waals surface area contributed by atoms with Gasteiger partial charge in [-0.15, -0.1) is 0 Å². The van der Waals surface area contributed by atoms with Gasteiger partial charge < -0.3 is 4.74 Å². The molecule has 31 heavy (non-hydrogen) atoms. The van der Waals surface area contributed by atoms with Crippen molar-refractivity contribution in [2.75, 3.05) is 6.61 Å². The van der Waals surface area contributed by atoms with Gasteiger partial charge in [-0.25, -0.2) is 0 Å². The van der Waals surface area contributed by atoms with Gasteiger partial charge in [0.15, 0.2) is 0 Å². The molecule has 0 unspecified atom stereocenters. The first-order chi connectivity index (χ1) is 14.2. The second-order valence-electron chi connectivity index (χ2n) is 6.69. The molecule has 11 heteroatoms. The van der Waals surface area contributed by atoms with E-state index in [9.17, 15) is 39.5 Å². The highest BCUT2D eigenvalue weighted by molar-refractivity contribution is 9.10. The van der Waals surface area contributed by atoms with Crippen LogP contribution in [-0.2, 0) is 0 Å². The Morgan fingerprint density at radius 2 is 1.13 bits per heavy atom. The summed E-state index contributed by atoms with van der Waals surface area (Å²) in [7, 11) is 0.